The van der Waals surface area contributed by atoms with Crippen molar-refractivity contribution in [2.24, 2.45) is 0 Å². The number of imidazole rings is 1. The molecular weight excluding hydrogens is 502 g/mol. The summed E-state index contributed by atoms with van der Waals surface area (Å²) in [5, 5.41) is 16.4. The maximum Gasteiger partial charge on any atom is 0.159 e. The Morgan fingerprint density at radius 2 is 1.74 bits per heavy atom. The molecule has 5 aromatic heterocycles. The Labute approximate surface area is 229 Å². The molecular formula is C31H25N7S. The highest BCUT2D eigenvalue weighted by atomic mass is 32.1. The van der Waals surface area contributed by atoms with Crippen LogP contribution in [0.3, 0.4) is 0 Å². The highest BCUT2D eigenvalue weighted by molar-refractivity contribution is 7.08. The number of benzene rings is 2. The molecule has 0 aliphatic rings. The predicted octanol–water partition coefficient (Wildman–Crippen LogP) is 6.89. The fourth-order valence-corrected chi connectivity index (χ4v) is 5.61. The van der Waals surface area contributed by atoms with Crippen LogP contribution < -0.4 is 5.32 Å². The molecule has 0 aliphatic carbocycles. The molecule has 0 amide bonds. The minimum Gasteiger partial charge on any atom is -0.336 e. The van der Waals surface area contributed by atoms with Gasteiger partial charge in [-0.1, -0.05) is 42.0 Å². The van der Waals surface area contributed by atoms with E-state index in [1.54, 1.807) is 11.3 Å². The normalized spacial score (nSPS) is 11.5. The quantitative estimate of drug-likeness (QED) is 0.210. The Morgan fingerprint density at radius 1 is 0.846 bits per heavy atom. The van der Waals surface area contributed by atoms with E-state index in [1.165, 1.54) is 16.7 Å². The summed E-state index contributed by atoms with van der Waals surface area (Å²) < 4.78 is 0. The monoisotopic (exact) mass is 527 g/mol. The van der Waals surface area contributed by atoms with Gasteiger partial charge in [0.15, 0.2) is 5.82 Å². The fraction of sp³-hybridized carbons (Fsp3) is 0.0968. The number of hydrogen-bond acceptors (Lipinski definition) is 6. The average Bonchev–Trinajstić information content (AvgIpc) is 3.72. The highest BCUT2D eigenvalue weighted by Gasteiger charge is 2.17. The van der Waals surface area contributed by atoms with Crippen molar-refractivity contribution in [2.75, 3.05) is 0 Å². The van der Waals surface area contributed by atoms with Crippen molar-refractivity contribution < 1.29 is 0 Å². The first-order chi connectivity index (χ1) is 19.2. The van der Waals surface area contributed by atoms with Crippen molar-refractivity contribution >= 4 is 33.3 Å². The Hall–Kier alpha value is -4.66. The van der Waals surface area contributed by atoms with Crippen LogP contribution in [0.15, 0.2) is 89.9 Å². The zero-order chi connectivity index (χ0) is 26.2. The van der Waals surface area contributed by atoms with Gasteiger partial charge in [0.1, 0.15) is 11.2 Å². The van der Waals surface area contributed by atoms with Gasteiger partial charge >= 0.3 is 0 Å². The number of nitrogens with zero attached hydrogens (tertiary/aromatic N) is 4. The van der Waals surface area contributed by atoms with Gasteiger partial charge in [-0.15, -0.1) is 0 Å². The number of H-pyrrole nitrogens is 2. The number of aryl methyl sites for hydroxylation is 1. The molecule has 3 N–H and O–H groups in total. The molecule has 0 bridgehead atoms. The lowest BCUT2D eigenvalue weighted by Gasteiger charge is -2.09. The third kappa shape index (κ3) is 4.60. The largest absolute Gasteiger partial charge is 0.336 e. The van der Waals surface area contributed by atoms with Crippen LogP contribution in [-0.2, 0) is 13.1 Å². The van der Waals surface area contributed by atoms with Crippen molar-refractivity contribution in [3.63, 3.8) is 0 Å². The van der Waals surface area contributed by atoms with Gasteiger partial charge in [0.2, 0.25) is 0 Å². The summed E-state index contributed by atoms with van der Waals surface area (Å²) in [6.45, 7) is 3.73. The third-order valence-electron chi connectivity index (χ3n) is 6.80. The molecule has 7 aromatic rings. The molecule has 8 heteroatoms. The van der Waals surface area contributed by atoms with Crippen LogP contribution >= 0.6 is 11.3 Å². The number of nitrogens with one attached hydrogen (secondary N) is 3. The first-order valence-corrected chi connectivity index (χ1v) is 13.7. The molecule has 0 aliphatic heterocycles. The minimum atomic E-state index is 0.702. The molecule has 0 spiro atoms. The molecule has 0 unspecified atom stereocenters. The van der Waals surface area contributed by atoms with Gasteiger partial charge in [-0.3, -0.25) is 15.1 Å². The molecule has 190 valence electrons. The van der Waals surface area contributed by atoms with Gasteiger partial charge in [-0.2, -0.15) is 16.4 Å². The van der Waals surface area contributed by atoms with Crippen LogP contribution in [0.5, 0.6) is 0 Å². The highest BCUT2D eigenvalue weighted by Crippen LogP contribution is 2.32. The van der Waals surface area contributed by atoms with Crippen LogP contribution in [0.1, 0.15) is 16.7 Å². The molecule has 5 heterocycles. The van der Waals surface area contributed by atoms with E-state index in [2.05, 4.69) is 97.8 Å². The second kappa shape index (κ2) is 9.90. The second-order valence-electron chi connectivity index (χ2n) is 9.64. The van der Waals surface area contributed by atoms with Gasteiger partial charge in [-0.25, -0.2) is 4.98 Å². The van der Waals surface area contributed by atoms with Crippen molar-refractivity contribution in [3.8, 4) is 34.0 Å². The zero-order valence-corrected chi connectivity index (χ0v) is 22.1. The summed E-state index contributed by atoms with van der Waals surface area (Å²) in [5.74, 6) is 0.702. The number of aromatic nitrogens is 6. The summed E-state index contributed by atoms with van der Waals surface area (Å²) in [6, 6.07) is 23.2. The van der Waals surface area contributed by atoms with Gasteiger partial charge in [0.25, 0.3) is 0 Å². The van der Waals surface area contributed by atoms with Crippen LogP contribution in [0, 0.1) is 6.92 Å². The van der Waals surface area contributed by atoms with Gasteiger partial charge in [0.05, 0.1) is 28.6 Å². The number of thiophene rings is 1. The molecule has 7 nitrogen and oxygen atoms in total. The first-order valence-electron chi connectivity index (χ1n) is 12.8. The smallest absolute Gasteiger partial charge is 0.159 e. The lowest BCUT2D eigenvalue weighted by molar-refractivity contribution is 0.693. The van der Waals surface area contributed by atoms with E-state index in [0.717, 1.165) is 63.2 Å². The Morgan fingerprint density at radius 3 is 2.62 bits per heavy atom. The molecule has 7 rings (SSSR count). The summed E-state index contributed by atoms with van der Waals surface area (Å²) in [6.07, 6.45) is 3.66. The summed E-state index contributed by atoms with van der Waals surface area (Å²) >= 11 is 1.65. The lowest BCUT2D eigenvalue weighted by atomic mass is 10.0. The maximum absolute atomic E-state index is 4.93. The molecule has 0 saturated heterocycles. The van der Waals surface area contributed by atoms with Crippen LogP contribution in [0.25, 0.3) is 56.0 Å². The van der Waals surface area contributed by atoms with Gasteiger partial charge in [0, 0.05) is 41.2 Å². The molecule has 0 atom stereocenters. The van der Waals surface area contributed by atoms with Crippen LogP contribution in [-0.4, -0.2) is 30.1 Å². The number of aromatic amines is 2. The van der Waals surface area contributed by atoms with Crippen LogP contribution in [0.4, 0.5) is 0 Å². The summed E-state index contributed by atoms with van der Waals surface area (Å²) in [7, 11) is 0. The van der Waals surface area contributed by atoms with Crippen LogP contribution in [0.2, 0.25) is 0 Å². The SMILES string of the molecule is Cc1cc(CNCc2ccccc2)cc(-c2cc3c(-c4nc5c(-c6ccsc6)nccc5[nH]4)n[nH]c3cn2)c1. The van der Waals surface area contributed by atoms with Gasteiger partial charge in [-0.05, 0) is 53.8 Å². The van der Waals surface area contributed by atoms with Crippen molar-refractivity contribution in [3.05, 3.63) is 107 Å². The molecule has 0 fully saturated rings. The molecule has 0 radical (unpaired) electrons. The predicted molar refractivity (Wildman–Crippen MR) is 157 cm³/mol. The van der Waals surface area contributed by atoms with Crippen molar-refractivity contribution in [2.45, 2.75) is 20.0 Å². The number of rotatable bonds is 7. The van der Waals surface area contributed by atoms with E-state index in [1.807, 2.05) is 24.5 Å². The van der Waals surface area contributed by atoms with E-state index in [-0.39, 0.29) is 0 Å². The third-order valence-corrected chi connectivity index (χ3v) is 7.48. The maximum atomic E-state index is 4.93. The Bertz CT molecular complexity index is 1900. The minimum absolute atomic E-state index is 0.702. The van der Waals surface area contributed by atoms with E-state index < -0.39 is 0 Å². The fourth-order valence-electron chi connectivity index (χ4n) is 4.97. The second-order valence-corrected chi connectivity index (χ2v) is 10.4. The molecule has 2 aromatic carbocycles. The Balaban J connectivity index is 1.22. The summed E-state index contributed by atoms with van der Waals surface area (Å²) in [4.78, 5) is 17.7. The van der Waals surface area contributed by atoms with E-state index in [0.29, 0.717) is 5.82 Å². The van der Waals surface area contributed by atoms with E-state index in [4.69, 9.17) is 9.97 Å². The molecule has 0 saturated carbocycles. The Kier molecular flexibility index (Phi) is 5.96. The number of pyridine rings is 2. The van der Waals surface area contributed by atoms with Crippen molar-refractivity contribution in [1.82, 2.24) is 35.5 Å². The molecule has 39 heavy (non-hydrogen) atoms. The van der Waals surface area contributed by atoms with Crippen molar-refractivity contribution in [1.29, 1.82) is 0 Å². The van der Waals surface area contributed by atoms with Gasteiger partial charge < -0.3 is 10.3 Å². The topological polar surface area (TPSA) is 95.2 Å². The lowest BCUT2D eigenvalue weighted by Crippen LogP contribution is -2.12. The number of hydrogen-bond donors (Lipinski definition) is 3. The number of fused-ring (bicyclic) bond motifs is 2. The summed E-state index contributed by atoms with van der Waals surface area (Å²) in [5.41, 5.74) is 11.0. The first kappa shape index (κ1) is 23.5. The standard InChI is InChI=1S/C31H25N7S/c1-19-11-21(16-32-15-20-5-3-2-4-6-20)13-23(12-19)26-14-24-27(17-34-26)37-38-29(24)31-35-25-7-9-33-28(30(25)36-31)22-8-10-39-18-22/h2-14,17-18,32H,15-16H2,1H3,(H,35,36)(H,37,38). The van der Waals surface area contributed by atoms with E-state index >= 15 is 0 Å². The average molecular weight is 528 g/mol. The zero-order valence-electron chi connectivity index (χ0n) is 21.3. The van der Waals surface area contributed by atoms with E-state index in [9.17, 15) is 0 Å².